The Morgan fingerprint density at radius 3 is 2.47 bits per heavy atom. The Morgan fingerprint density at radius 1 is 1.08 bits per heavy atom. The second kappa shape index (κ2) is 9.80. The van der Waals surface area contributed by atoms with E-state index in [1.54, 1.807) is 25.4 Å². The highest BCUT2D eigenvalue weighted by Crippen LogP contribution is 2.45. The Hall–Kier alpha value is -3.26. The molecule has 1 saturated heterocycles. The number of aromatic nitrogens is 1. The van der Waals surface area contributed by atoms with Gasteiger partial charge < -0.3 is 24.3 Å². The van der Waals surface area contributed by atoms with E-state index >= 15 is 0 Å². The van der Waals surface area contributed by atoms with Crippen molar-refractivity contribution in [2.24, 2.45) is 11.8 Å². The molecule has 0 spiro atoms. The largest absolute Gasteiger partial charge is 0.493 e. The number of likely N-dealkylation sites (tertiary alicyclic amines) is 1. The van der Waals surface area contributed by atoms with E-state index in [0.29, 0.717) is 17.5 Å². The fourth-order valence-electron chi connectivity index (χ4n) is 6.58. The minimum Gasteiger partial charge on any atom is -0.493 e. The summed E-state index contributed by atoms with van der Waals surface area (Å²) in [5, 5.41) is 5.43. The van der Waals surface area contributed by atoms with Crippen molar-refractivity contribution < 1.29 is 19.1 Å². The number of aryl methyl sites for hydroxylation is 1. The maximum absolute atomic E-state index is 13.7. The molecule has 3 aromatic rings. The van der Waals surface area contributed by atoms with Crippen LogP contribution in [0, 0.1) is 11.8 Å². The highest BCUT2D eigenvalue weighted by Gasteiger charge is 2.42. The molecule has 2 aliphatic heterocycles. The molecule has 3 aliphatic rings. The Morgan fingerprint density at radius 2 is 1.84 bits per heavy atom. The molecule has 2 unspecified atom stereocenters. The van der Waals surface area contributed by atoms with E-state index < -0.39 is 0 Å². The predicted molar refractivity (Wildman–Crippen MR) is 149 cm³/mol. The molecule has 2 atom stereocenters. The molecule has 7 nitrogen and oxygen atoms in total. The third kappa shape index (κ3) is 4.38. The van der Waals surface area contributed by atoms with Gasteiger partial charge in [0.15, 0.2) is 11.5 Å². The van der Waals surface area contributed by atoms with Gasteiger partial charge in [-0.05, 0) is 80.2 Å². The van der Waals surface area contributed by atoms with E-state index in [0.717, 1.165) is 72.1 Å². The summed E-state index contributed by atoms with van der Waals surface area (Å²) >= 11 is 1.68. The number of benzene rings is 1. The third-order valence-electron chi connectivity index (χ3n) is 8.26. The van der Waals surface area contributed by atoms with Gasteiger partial charge in [0.05, 0.1) is 18.9 Å². The molecular weight excluding hydrogens is 498 g/mol. The van der Waals surface area contributed by atoms with Crippen LogP contribution in [0.25, 0.3) is 21.7 Å². The molecule has 1 aromatic carbocycles. The normalized spacial score (nSPS) is 21.7. The van der Waals surface area contributed by atoms with E-state index in [2.05, 4.69) is 45.6 Å². The smallest absolute Gasteiger partial charge is 0.268 e. The second-order valence-electron chi connectivity index (χ2n) is 11.1. The van der Waals surface area contributed by atoms with Gasteiger partial charge in [-0.1, -0.05) is 6.07 Å². The van der Waals surface area contributed by atoms with E-state index in [1.165, 1.54) is 5.56 Å². The number of ether oxygens (including phenoxy) is 2. The molecule has 2 aromatic heterocycles. The van der Waals surface area contributed by atoms with Crippen molar-refractivity contribution in [1.82, 2.24) is 14.8 Å². The van der Waals surface area contributed by atoms with Crippen LogP contribution in [-0.4, -0.2) is 53.6 Å². The topological polar surface area (TPSA) is 72.8 Å². The fraction of sp³-hybridized carbons (Fsp3) is 0.467. The number of hydrogen-bond donors (Lipinski definition) is 1. The number of hydrogen-bond acceptors (Lipinski definition) is 5. The van der Waals surface area contributed by atoms with Gasteiger partial charge in [0.1, 0.15) is 5.69 Å². The lowest BCUT2D eigenvalue weighted by molar-refractivity contribution is -0.128. The number of amides is 2. The van der Waals surface area contributed by atoms with Crippen molar-refractivity contribution in [2.75, 3.05) is 20.2 Å². The molecule has 0 radical (unpaired) electrons. The number of fused-ring (bicyclic) bond motifs is 4. The van der Waals surface area contributed by atoms with Crippen LogP contribution < -0.4 is 14.8 Å². The van der Waals surface area contributed by atoms with Gasteiger partial charge in [0.2, 0.25) is 5.91 Å². The van der Waals surface area contributed by atoms with E-state index in [4.69, 9.17) is 9.47 Å². The molecule has 0 bridgehead atoms. The van der Waals surface area contributed by atoms with Crippen LogP contribution in [0.3, 0.4) is 0 Å². The lowest BCUT2D eigenvalue weighted by atomic mass is 9.95. The minimum atomic E-state index is -0.0157. The number of nitrogens with one attached hydrogen (secondary N) is 1. The third-order valence-corrected chi connectivity index (χ3v) is 9.16. The van der Waals surface area contributed by atoms with Gasteiger partial charge in [0.25, 0.3) is 5.91 Å². The van der Waals surface area contributed by atoms with Crippen molar-refractivity contribution >= 4 is 23.2 Å². The molecule has 38 heavy (non-hydrogen) atoms. The van der Waals surface area contributed by atoms with E-state index in [-0.39, 0.29) is 24.0 Å². The maximum Gasteiger partial charge on any atom is 0.268 e. The van der Waals surface area contributed by atoms with Crippen LogP contribution in [0.15, 0.2) is 35.7 Å². The summed E-state index contributed by atoms with van der Waals surface area (Å²) in [7, 11) is 1.68. The van der Waals surface area contributed by atoms with Gasteiger partial charge in [0, 0.05) is 48.6 Å². The van der Waals surface area contributed by atoms with Crippen LogP contribution in [0.2, 0.25) is 0 Å². The van der Waals surface area contributed by atoms with Gasteiger partial charge in [-0.2, -0.15) is 0 Å². The number of methoxy groups -OCH3 is 1. The number of nitrogens with zero attached hydrogens (tertiary/aromatic N) is 2. The summed E-state index contributed by atoms with van der Waals surface area (Å²) in [5.74, 6) is 2.56. The van der Waals surface area contributed by atoms with Gasteiger partial charge in [-0.25, -0.2) is 0 Å². The SMILES string of the molecule is COc1cc2c(cc1OC(C)C)-c1c(-c3cccs3)cc(C(=O)NC3CC4CN(C(C)=O)CC4C3)n1CC2. The first-order valence-electron chi connectivity index (χ1n) is 13.5. The Balaban J connectivity index is 1.33. The van der Waals surface area contributed by atoms with Crippen LogP contribution >= 0.6 is 11.3 Å². The molecule has 1 N–H and O–H groups in total. The average molecular weight is 534 g/mol. The minimum absolute atomic E-state index is 0.0157. The summed E-state index contributed by atoms with van der Waals surface area (Å²) in [6.07, 6.45) is 2.70. The Labute approximate surface area is 227 Å². The summed E-state index contributed by atoms with van der Waals surface area (Å²) in [6.45, 7) is 8.03. The second-order valence-corrected chi connectivity index (χ2v) is 12.0. The zero-order valence-corrected chi connectivity index (χ0v) is 23.3. The number of thiophene rings is 1. The molecule has 2 fully saturated rings. The highest BCUT2D eigenvalue weighted by molar-refractivity contribution is 7.13. The molecule has 200 valence electrons. The van der Waals surface area contributed by atoms with Crippen LogP contribution in [-0.2, 0) is 17.8 Å². The standard InChI is InChI=1S/C30H35N3O4S/c1-17(2)37-27-14-23-19(12-26(27)36-4)7-8-33-25(13-24(29(23)33)28-6-5-9-38-28)30(35)31-22-10-20-15-32(18(3)34)16-21(20)11-22/h5-6,9,12-14,17,20-22H,7-8,10-11,15-16H2,1-4H3,(H,31,35). The zero-order valence-electron chi connectivity index (χ0n) is 22.5. The number of rotatable bonds is 6. The molecule has 6 rings (SSSR count). The lowest BCUT2D eigenvalue weighted by Gasteiger charge is -2.25. The predicted octanol–water partition coefficient (Wildman–Crippen LogP) is 5.22. The first-order chi connectivity index (χ1) is 18.3. The quantitative estimate of drug-likeness (QED) is 0.472. The Kier molecular flexibility index (Phi) is 6.46. The van der Waals surface area contributed by atoms with Gasteiger partial charge >= 0.3 is 0 Å². The first kappa shape index (κ1) is 25.0. The van der Waals surface area contributed by atoms with Crippen LogP contribution in [0.4, 0.5) is 0 Å². The number of carbonyl (C=O) groups is 2. The number of carbonyl (C=O) groups excluding carboxylic acids is 2. The Bertz CT molecular complexity index is 1360. The molecule has 1 saturated carbocycles. The van der Waals surface area contributed by atoms with Crippen molar-refractivity contribution in [1.29, 1.82) is 0 Å². The molecule has 1 aliphatic carbocycles. The van der Waals surface area contributed by atoms with Gasteiger partial charge in [-0.3, -0.25) is 9.59 Å². The van der Waals surface area contributed by atoms with Crippen molar-refractivity contribution in [3.05, 3.63) is 47.0 Å². The molecule has 4 heterocycles. The average Bonchev–Trinajstić information content (AvgIpc) is 3.65. The maximum atomic E-state index is 13.7. The van der Waals surface area contributed by atoms with Crippen molar-refractivity contribution in [2.45, 2.75) is 58.7 Å². The van der Waals surface area contributed by atoms with Crippen molar-refractivity contribution in [3.63, 3.8) is 0 Å². The van der Waals surface area contributed by atoms with E-state index in [1.807, 2.05) is 18.7 Å². The zero-order chi connectivity index (χ0) is 26.6. The summed E-state index contributed by atoms with van der Waals surface area (Å²) in [6, 6.07) is 10.5. The lowest BCUT2D eigenvalue weighted by Crippen LogP contribution is -2.36. The first-order valence-corrected chi connectivity index (χ1v) is 14.4. The summed E-state index contributed by atoms with van der Waals surface area (Å²) < 4.78 is 14.0. The van der Waals surface area contributed by atoms with Gasteiger partial charge in [-0.15, -0.1) is 11.3 Å². The van der Waals surface area contributed by atoms with Crippen molar-refractivity contribution in [3.8, 4) is 33.2 Å². The van der Waals surface area contributed by atoms with Crippen LogP contribution in [0.1, 0.15) is 49.7 Å². The molecule has 2 amide bonds. The molecular formula is C30H35N3O4S. The molecule has 8 heteroatoms. The fourth-order valence-corrected chi connectivity index (χ4v) is 7.32. The monoisotopic (exact) mass is 533 g/mol. The summed E-state index contributed by atoms with van der Waals surface area (Å²) in [5.41, 5.74) is 5.14. The highest BCUT2D eigenvalue weighted by atomic mass is 32.1. The summed E-state index contributed by atoms with van der Waals surface area (Å²) in [4.78, 5) is 28.6. The van der Waals surface area contributed by atoms with Crippen LogP contribution in [0.5, 0.6) is 11.5 Å². The van der Waals surface area contributed by atoms with E-state index in [9.17, 15) is 9.59 Å².